The quantitative estimate of drug-likeness (QED) is 0.588. The summed E-state index contributed by atoms with van der Waals surface area (Å²) < 4.78 is 5.05. The topological polar surface area (TPSA) is 119 Å². The lowest BCUT2D eigenvalue weighted by atomic mass is 10.0. The van der Waals surface area contributed by atoms with Crippen molar-refractivity contribution < 1.29 is 24.4 Å². The second-order valence-corrected chi connectivity index (χ2v) is 5.20. The highest BCUT2D eigenvalue weighted by Gasteiger charge is 2.19. The molecule has 0 aliphatic heterocycles. The Bertz CT molecular complexity index is 771. The van der Waals surface area contributed by atoms with E-state index in [1.54, 1.807) is 24.3 Å². The number of benzene rings is 2. The first-order valence-electron chi connectivity index (χ1n) is 7.31. The number of carbonyl (C=O) groups excluding carboxylic acids is 1. The molecule has 25 heavy (non-hydrogen) atoms. The molecule has 2 N–H and O–H groups in total. The zero-order chi connectivity index (χ0) is 18.4. The maximum Gasteiger partial charge on any atom is 0.305 e. The number of nitro groups is 1. The molecule has 0 heterocycles. The number of methoxy groups -OCH3 is 1. The van der Waals surface area contributed by atoms with Crippen molar-refractivity contribution in [1.29, 1.82) is 0 Å². The molecule has 1 amide bonds. The fourth-order valence-corrected chi connectivity index (χ4v) is 2.24. The lowest BCUT2D eigenvalue weighted by Gasteiger charge is -2.18. The van der Waals surface area contributed by atoms with Crippen LogP contribution in [-0.2, 0) is 4.79 Å². The zero-order valence-electron chi connectivity index (χ0n) is 13.3. The van der Waals surface area contributed by atoms with Crippen LogP contribution in [0.2, 0.25) is 0 Å². The van der Waals surface area contributed by atoms with E-state index in [1.807, 2.05) is 0 Å². The number of carboxylic acids is 1. The van der Waals surface area contributed by atoms with Crippen LogP contribution in [0.25, 0.3) is 0 Å². The van der Waals surface area contributed by atoms with Gasteiger partial charge in [-0.3, -0.25) is 19.7 Å². The summed E-state index contributed by atoms with van der Waals surface area (Å²) in [6, 6.07) is 11.0. The first-order chi connectivity index (χ1) is 11.9. The highest BCUT2D eigenvalue weighted by Crippen LogP contribution is 2.21. The van der Waals surface area contributed by atoms with Crippen LogP contribution < -0.4 is 10.1 Å². The Morgan fingerprint density at radius 1 is 1.16 bits per heavy atom. The second-order valence-electron chi connectivity index (χ2n) is 5.20. The molecular weight excluding hydrogens is 328 g/mol. The van der Waals surface area contributed by atoms with E-state index < -0.39 is 22.8 Å². The van der Waals surface area contributed by atoms with Gasteiger partial charge in [0.2, 0.25) is 0 Å². The van der Waals surface area contributed by atoms with E-state index in [1.165, 1.54) is 31.4 Å². The summed E-state index contributed by atoms with van der Waals surface area (Å²) in [5.41, 5.74) is 0.682. The second kappa shape index (κ2) is 7.91. The molecular formula is C17H16N2O6. The van der Waals surface area contributed by atoms with Gasteiger partial charge in [-0.2, -0.15) is 0 Å². The van der Waals surface area contributed by atoms with Crippen molar-refractivity contribution in [2.75, 3.05) is 7.11 Å². The van der Waals surface area contributed by atoms with Crippen molar-refractivity contribution in [3.8, 4) is 5.75 Å². The normalized spacial score (nSPS) is 11.4. The highest BCUT2D eigenvalue weighted by atomic mass is 16.6. The number of non-ortho nitro benzene ring substituents is 1. The Kier molecular flexibility index (Phi) is 5.67. The van der Waals surface area contributed by atoms with E-state index in [-0.39, 0.29) is 17.7 Å². The van der Waals surface area contributed by atoms with Crippen LogP contribution in [-0.4, -0.2) is 29.0 Å². The molecule has 0 aromatic heterocycles. The molecule has 1 atom stereocenters. The Morgan fingerprint density at radius 3 is 2.24 bits per heavy atom. The van der Waals surface area contributed by atoms with Crippen LogP contribution >= 0.6 is 0 Å². The number of nitrogens with one attached hydrogen (secondary N) is 1. The number of ether oxygens (including phenoxy) is 1. The number of aliphatic carboxylic acids is 1. The number of carbonyl (C=O) groups is 2. The molecule has 0 radical (unpaired) electrons. The van der Waals surface area contributed by atoms with Gasteiger partial charge in [-0.25, -0.2) is 0 Å². The zero-order valence-corrected chi connectivity index (χ0v) is 13.3. The summed E-state index contributed by atoms with van der Waals surface area (Å²) in [6.07, 6.45) is -0.301. The van der Waals surface area contributed by atoms with Crippen LogP contribution in [0.4, 0.5) is 5.69 Å². The molecule has 0 unspecified atom stereocenters. The molecule has 0 saturated heterocycles. The summed E-state index contributed by atoms with van der Waals surface area (Å²) in [4.78, 5) is 33.5. The van der Waals surface area contributed by atoms with Gasteiger partial charge in [-0.05, 0) is 29.8 Å². The van der Waals surface area contributed by atoms with Crippen molar-refractivity contribution in [1.82, 2.24) is 5.32 Å². The van der Waals surface area contributed by atoms with Gasteiger partial charge < -0.3 is 15.2 Å². The van der Waals surface area contributed by atoms with Gasteiger partial charge in [0, 0.05) is 17.7 Å². The van der Waals surface area contributed by atoms with Crippen LogP contribution in [0, 0.1) is 10.1 Å². The molecule has 8 heteroatoms. The van der Waals surface area contributed by atoms with Gasteiger partial charge in [0.05, 0.1) is 24.5 Å². The molecule has 0 fully saturated rings. The van der Waals surface area contributed by atoms with E-state index in [2.05, 4.69) is 5.32 Å². The van der Waals surface area contributed by atoms with Crippen molar-refractivity contribution in [3.05, 3.63) is 69.8 Å². The van der Waals surface area contributed by atoms with E-state index in [0.717, 1.165) is 0 Å². The average Bonchev–Trinajstić information content (AvgIpc) is 2.61. The summed E-state index contributed by atoms with van der Waals surface area (Å²) in [5.74, 6) is -0.971. The van der Waals surface area contributed by atoms with E-state index >= 15 is 0 Å². The largest absolute Gasteiger partial charge is 0.497 e. The number of nitrogens with zero attached hydrogens (tertiary/aromatic N) is 1. The van der Waals surface area contributed by atoms with Crippen LogP contribution in [0.15, 0.2) is 48.5 Å². The molecule has 0 aliphatic carbocycles. The third kappa shape index (κ3) is 4.77. The summed E-state index contributed by atoms with van der Waals surface area (Å²) in [6.45, 7) is 0. The predicted molar refractivity (Wildman–Crippen MR) is 88.6 cm³/mol. The van der Waals surface area contributed by atoms with E-state index in [4.69, 9.17) is 9.84 Å². The number of nitro benzene ring substituents is 1. The molecule has 2 aromatic rings. The molecule has 2 aromatic carbocycles. The SMILES string of the molecule is COc1ccc([C@H](CC(=O)O)NC(=O)c2ccc([N+](=O)[O-])cc2)cc1. The summed E-state index contributed by atoms with van der Waals surface area (Å²) in [7, 11) is 1.51. The predicted octanol–water partition coefficient (Wildman–Crippen LogP) is 2.55. The third-order valence-corrected chi connectivity index (χ3v) is 3.54. The van der Waals surface area contributed by atoms with Gasteiger partial charge in [0.1, 0.15) is 5.75 Å². The fraction of sp³-hybridized carbons (Fsp3) is 0.176. The van der Waals surface area contributed by atoms with Crippen molar-refractivity contribution in [2.24, 2.45) is 0 Å². The Labute approximate surface area is 143 Å². The monoisotopic (exact) mass is 344 g/mol. The van der Waals surface area contributed by atoms with Crippen LogP contribution in [0.1, 0.15) is 28.4 Å². The minimum absolute atomic E-state index is 0.131. The van der Waals surface area contributed by atoms with Crippen molar-refractivity contribution >= 4 is 17.6 Å². The standard InChI is InChI=1S/C17H16N2O6/c1-25-14-8-4-11(5-9-14)15(10-16(20)21)18-17(22)12-2-6-13(7-3-12)19(23)24/h2-9,15H,10H2,1H3,(H,18,22)(H,20,21)/t15-/m0/s1. The molecule has 8 nitrogen and oxygen atoms in total. The maximum atomic E-state index is 12.3. The lowest BCUT2D eigenvalue weighted by Crippen LogP contribution is -2.30. The minimum atomic E-state index is -1.06. The van der Waals surface area contributed by atoms with Crippen molar-refractivity contribution in [2.45, 2.75) is 12.5 Å². The summed E-state index contributed by atoms with van der Waals surface area (Å²) in [5, 5.41) is 22.4. The number of hydrogen-bond donors (Lipinski definition) is 2. The Morgan fingerprint density at radius 2 is 1.76 bits per heavy atom. The van der Waals surface area contributed by atoms with Gasteiger partial charge in [0.25, 0.3) is 11.6 Å². The number of rotatable bonds is 7. The lowest BCUT2D eigenvalue weighted by molar-refractivity contribution is -0.384. The highest BCUT2D eigenvalue weighted by molar-refractivity contribution is 5.94. The van der Waals surface area contributed by atoms with Gasteiger partial charge in [0.15, 0.2) is 0 Å². The van der Waals surface area contributed by atoms with Gasteiger partial charge in [-0.1, -0.05) is 12.1 Å². The van der Waals surface area contributed by atoms with Crippen molar-refractivity contribution in [3.63, 3.8) is 0 Å². The van der Waals surface area contributed by atoms with Gasteiger partial charge in [-0.15, -0.1) is 0 Å². The number of hydrogen-bond acceptors (Lipinski definition) is 5. The van der Waals surface area contributed by atoms with Crippen LogP contribution in [0.5, 0.6) is 5.75 Å². The molecule has 2 rings (SSSR count). The molecule has 0 spiro atoms. The maximum absolute atomic E-state index is 12.3. The Hall–Kier alpha value is -3.42. The van der Waals surface area contributed by atoms with E-state index in [9.17, 15) is 19.7 Å². The first-order valence-corrected chi connectivity index (χ1v) is 7.31. The average molecular weight is 344 g/mol. The molecule has 0 saturated carbocycles. The molecule has 130 valence electrons. The molecule has 0 aliphatic rings. The first kappa shape index (κ1) is 17.9. The number of carboxylic acid groups (broad SMARTS) is 1. The fourth-order valence-electron chi connectivity index (χ4n) is 2.24. The Balaban J connectivity index is 2.18. The number of amides is 1. The van der Waals surface area contributed by atoms with Crippen LogP contribution in [0.3, 0.4) is 0 Å². The smallest absolute Gasteiger partial charge is 0.305 e. The minimum Gasteiger partial charge on any atom is -0.497 e. The van der Waals surface area contributed by atoms with E-state index in [0.29, 0.717) is 11.3 Å². The summed E-state index contributed by atoms with van der Waals surface area (Å²) >= 11 is 0. The third-order valence-electron chi connectivity index (χ3n) is 3.54. The molecule has 0 bridgehead atoms. The van der Waals surface area contributed by atoms with Gasteiger partial charge >= 0.3 is 5.97 Å².